The van der Waals surface area contributed by atoms with Crippen molar-refractivity contribution in [1.82, 2.24) is 15.2 Å². The molecule has 3 rings (SSSR count). The van der Waals surface area contributed by atoms with Crippen LogP contribution in [0.25, 0.3) is 0 Å². The topological polar surface area (TPSA) is 98.6 Å². The molecule has 0 bridgehead atoms. The average Bonchev–Trinajstić information content (AvgIpc) is 3.15. The summed E-state index contributed by atoms with van der Waals surface area (Å²) in [6.07, 6.45) is 4.72. The molecule has 1 aliphatic heterocycles. The predicted octanol–water partition coefficient (Wildman–Crippen LogP) is 2.44. The standard InChI is InChI=1S/C24H27N5O3/c1-16-9-23(27-11-19(16)10-25)29(15-30)13-20(28(3)4)12-26-8-7-18-5-6-21-22(17(18)2)14-32-24(21)31/h5-6,9,11,13,15,26H,7-8,12,14H2,1-4H3/b20-13-. The van der Waals surface area contributed by atoms with E-state index in [0.29, 0.717) is 36.5 Å². The van der Waals surface area contributed by atoms with Crippen molar-refractivity contribution in [2.45, 2.75) is 26.9 Å². The minimum absolute atomic E-state index is 0.250. The number of carbonyl (C=O) groups is 2. The van der Waals surface area contributed by atoms with Gasteiger partial charge in [-0.1, -0.05) is 6.07 Å². The number of aryl methyl sites for hydroxylation is 1. The number of esters is 1. The van der Waals surface area contributed by atoms with Gasteiger partial charge >= 0.3 is 5.97 Å². The Morgan fingerprint density at radius 2 is 2.12 bits per heavy atom. The third kappa shape index (κ3) is 4.95. The first kappa shape index (κ1) is 23.0. The molecule has 1 amide bonds. The maximum atomic E-state index is 11.7. The Morgan fingerprint density at radius 3 is 2.78 bits per heavy atom. The molecule has 1 aromatic carbocycles. The second-order valence-corrected chi connectivity index (χ2v) is 7.88. The molecular formula is C24H27N5O3. The average molecular weight is 434 g/mol. The number of likely N-dealkylation sites (N-methyl/N-ethyl adjacent to an activating group) is 1. The summed E-state index contributed by atoms with van der Waals surface area (Å²) in [7, 11) is 3.82. The Morgan fingerprint density at radius 1 is 1.34 bits per heavy atom. The van der Waals surface area contributed by atoms with Gasteiger partial charge in [-0.15, -0.1) is 0 Å². The van der Waals surface area contributed by atoms with E-state index >= 15 is 0 Å². The molecule has 8 nitrogen and oxygen atoms in total. The number of benzene rings is 1. The van der Waals surface area contributed by atoms with Crippen molar-refractivity contribution >= 4 is 18.2 Å². The van der Waals surface area contributed by atoms with Crippen molar-refractivity contribution in [1.29, 1.82) is 5.26 Å². The Hall–Kier alpha value is -3.70. The molecule has 0 unspecified atom stereocenters. The smallest absolute Gasteiger partial charge is 0.338 e. The van der Waals surface area contributed by atoms with Gasteiger partial charge in [0, 0.05) is 44.3 Å². The lowest BCUT2D eigenvalue weighted by molar-refractivity contribution is -0.107. The van der Waals surface area contributed by atoms with Crippen molar-refractivity contribution in [2.24, 2.45) is 0 Å². The van der Waals surface area contributed by atoms with Gasteiger partial charge in [0.2, 0.25) is 6.41 Å². The van der Waals surface area contributed by atoms with Crippen molar-refractivity contribution in [3.05, 3.63) is 69.7 Å². The minimum atomic E-state index is -0.250. The van der Waals surface area contributed by atoms with Crippen LogP contribution in [0.15, 0.2) is 36.3 Å². The SMILES string of the molecule is Cc1cc(N(C=O)/C=C(/CNCCc2ccc3c(c2C)COC3=O)N(C)C)ncc1C#N. The molecule has 8 heteroatoms. The number of fused-ring (bicyclic) bond motifs is 1. The summed E-state index contributed by atoms with van der Waals surface area (Å²) in [5.41, 5.74) is 6.07. The number of pyridine rings is 1. The van der Waals surface area contributed by atoms with Crippen LogP contribution >= 0.6 is 0 Å². The lowest BCUT2D eigenvalue weighted by Gasteiger charge is -2.21. The highest BCUT2D eigenvalue weighted by Gasteiger charge is 2.23. The number of nitrogens with one attached hydrogen (secondary N) is 1. The number of ether oxygens (including phenoxy) is 1. The fourth-order valence-electron chi connectivity index (χ4n) is 3.54. The van der Waals surface area contributed by atoms with E-state index in [1.54, 1.807) is 12.3 Å². The molecule has 1 N–H and O–H groups in total. The highest BCUT2D eigenvalue weighted by molar-refractivity contribution is 5.93. The van der Waals surface area contributed by atoms with Crippen LogP contribution in [-0.2, 0) is 22.6 Å². The summed E-state index contributed by atoms with van der Waals surface area (Å²) in [5, 5.41) is 12.5. The quantitative estimate of drug-likeness (QED) is 0.368. The Labute approximate surface area is 188 Å². The summed E-state index contributed by atoms with van der Waals surface area (Å²) in [6, 6.07) is 7.62. The van der Waals surface area contributed by atoms with E-state index in [-0.39, 0.29) is 5.97 Å². The summed E-state index contributed by atoms with van der Waals surface area (Å²) >= 11 is 0. The number of nitrogens with zero attached hydrogens (tertiary/aromatic N) is 4. The molecule has 2 aromatic rings. The van der Waals surface area contributed by atoms with Crippen LogP contribution in [0.5, 0.6) is 0 Å². The zero-order valence-corrected chi connectivity index (χ0v) is 18.8. The van der Waals surface area contributed by atoms with Gasteiger partial charge in [0.15, 0.2) is 0 Å². The van der Waals surface area contributed by atoms with Gasteiger partial charge in [0.25, 0.3) is 0 Å². The van der Waals surface area contributed by atoms with Gasteiger partial charge in [-0.05, 0) is 55.6 Å². The van der Waals surface area contributed by atoms with Crippen LogP contribution in [-0.4, -0.2) is 49.4 Å². The summed E-state index contributed by atoms with van der Waals surface area (Å²) in [5.74, 6) is 0.210. The van der Waals surface area contributed by atoms with Crippen molar-refractivity contribution in [3.63, 3.8) is 0 Å². The second kappa shape index (κ2) is 10.1. The van der Waals surface area contributed by atoms with E-state index in [1.807, 2.05) is 45.0 Å². The first-order valence-electron chi connectivity index (χ1n) is 10.3. The van der Waals surface area contributed by atoms with E-state index in [0.717, 1.165) is 35.4 Å². The molecule has 0 saturated carbocycles. The Kier molecular flexibility index (Phi) is 7.23. The maximum absolute atomic E-state index is 11.7. The van der Waals surface area contributed by atoms with Crippen LogP contribution in [0.2, 0.25) is 0 Å². The highest BCUT2D eigenvalue weighted by atomic mass is 16.5. The zero-order chi connectivity index (χ0) is 23.3. The largest absolute Gasteiger partial charge is 0.457 e. The van der Waals surface area contributed by atoms with Crippen LogP contribution in [0.1, 0.15) is 38.2 Å². The van der Waals surface area contributed by atoms with E-state index in [9.17, 15) is 9.59 Å². The number of hydrogen-bond acceptors (Lipinski definition) is 7. The molecule has 0 radical (unpaired) electrons. The minimum Gasteiger partial charge on any atom is -0.457 e. The van der Waals surface area contributed by atoms with Gasteiger partial charge < -0.3 is 15.0 Å². The van der Waals surface area contributed by atoms with E-state index < -0.39 is 0 Å². The molecule has 32 heavy (non-hydrogen) atoms. The Bertz CT molecular complexity index is 1100. The van der Waals surface area contributed by atoms with Crippen LogP contribution in [0, 0.1) is 25.2 Å². The third-order valence-electron chi connectivity index (χ3n) is 5.61. The fraction of sp³-hybridized carbons (Fsp3) is 0.333. The molecule has 0 spiro atoms. The van der Waals surface area contributed by atoms with Crippen molar-refractivity contribution in [2.75, 3.05) is 32.1 Å². The lowest BCUT2D eigenvalue weighted by atomic mass is 9.97. The predicted molar refractivity (Wildman–Crippen MR) is 121 cm³/mol. The van der Waals surface area contributed by atoms with Gasteiger partial charge in [-0.25, -0.2) is 9.78 Å². The number of rotatable bonds is 9. The van der Waals surface area contributed by atoms with E-state index in [2.05, 4.69) is 16.4 Å². The number of amides is 1. The molecule has 1 aromatic heterocycles. The Balaban J connectivity index is 1.65. The zero-order valence-electron chi connectivity index (χ0n) is 18.8. The van der Waals surface area contributed by atoms with Gasteiger partial charge in [0.05, 0.1) is 11.1 Å². The summed E-state index contributed by atoms with van der Waals surface area (Å²) in [6.45, 7) is 5.47. The number of anilines is 1. The number of aromatic nitrogens is 1. The second-order valence-electron chi connectivity index (χ2n) is 7.88. The van der Waals surface area contributed by atoms with Gasteiger partial charge in [0.1, 0.15) is 18.5 Å². The summed E-state index contributed by atoms with van der Waals surface area (Å²) < 4.78 is 5.13. The number of carbonyl (C=O) groups excluding carboxylic acids is 2. The van der Waals surface area contributed by atoms with Crippen molar-refractivity contribution in [3.8, 4) is 6.07 Å². The molecule has 0 saturated heterocycles. The maximum Gasteiger partial charge on any atom is 0.338 e. The molecule has 0 aliphatic carbocycles. The molecular weight excluding hydrogens is 406 g/mol. The number of hydrogen-bond donors (Lipinski definition) is 1. The fourth-order valence-corrected chi connectivity index (χ4v) is 3.54. The molecule has 166 valence electrons. The van der Waals surface area contributed by atoms with E-state index in [1.165, 1.54) is 16.7 Å². The van der Waals surface area contributed by atoms with Crippen LogP contribution in [0.3, 0.4) is 0 Å². The highest BCUT2D eigenvalue weighted by Crippen LogP contribution is 2.26. The molecule has 0 atom stereocenters. The van der Waals surface area contributed by atoms with Crippen molar-refractivity contribution < 1.29 is 14.3 Å². The molecule has 2 heterocycles. The third-order valence-corrected chi connectivity index (χ3v) is 5.61. The molecule has 0 fully saturated rings. The first-order chi connectivity index (χ1) is 15.3. The first-order valence-corrected chi connectivity index (χ1v) is 10.3. The number of nitriles is 1. The normalized spacial score (nSPS) is 12.7. The summed E-state index contributed by atoms with van der Waals surface area (Å²) in [4.78, 5) is 31.0. The lowest BCUT2D eigenvalue weighted by Crippen LogP contribution is -2.29. The monoisotopic (exact) mass is 433 g/mol. The molecule has 1 aliphatic rings. The van der Waals surface area contributed by atoms with Crippen LogP contribution in [0.4, 0.5) is 5.82 Å². The van der Waals surface area contributed by atoms with Gasteiger partial charge in [-0.3, -0.25) is 9.69 Å². The number of cyclic esters (lactones) is 1. The van der Waals surface area contributed by atoms with Crippen LogP contribution < -0.4 is 10.2 Å². The van der Waals surface area contributed by atoms with E-state index in [4.69, 9.17) is 10.00 Å². The van der Waals surface area contributed by atoms with Gasteiger partial charge in [-0.2, -0.15) is 5.26 Å².